The fourth-order valence-electron chi connectivity index (χ4n) is 2.26. The van der Waals surface area contributed by atoms with E-state index in [0.29, 0.717) is 17.1 Å². The second kappa shape index (κ2) is 7.15. The Balaban J connectivity index is 1.73. The third-order valence-corrected chi connectivity index (χ3v) is 4.28. The monoisotopic (exact) mass is 404 g/mol. The standard InChI is InChI=1S/C17H14BrClN4O/c1-23-10-13(9-22-23)12-4-11(6-20-8-12)7-21-17(24)15-5-14(18)2-3-16(15)19/h2-6,8-10H,7H2,1H3,(H,21,24). The summed E-state index contributed by atoms with van der Waals surface area (Å²) in [7, 11) is 1.86. The number of carbonyl (C=O) groups is 1. The highest BCUT2D eigenvalue weighted by Gasteiger charge is 2.11. The molecule has 0 aliphatic heterocycles. The van der Waals surface area contributed by atoms with Gasteiger partial charge in [0.05, 0.1) is 16.8 Å². The summed E-state index contributed by atoms with van der Waals surface area (Å²) in [4.78, 5) is 16.5. The van der Waals surface area contributed by atoms with Gasteiger partial charge in [0, 0.05) is 47.8 Å². The Hall–Kier alpha value is -2.18. The summed E-state index contributed by atoms with van der Waals surface area (Å²) in [6.07, 6.45) is 7.19. The summed E-state index contributed by atoms with van der Waals surface area (Å²) in [5, 5.41) is 7.43. The number of hydrogen-bond acceptors (Lipinski definition) is 3. The lowest BCUT2D eigenvalue weighted by molar-refractivity contribution is 0.0951. The van der Waals surface area contributed by atoms with E-state index in [-0.39, 0.29) is 5.91 Å². The Labute approximate surface area is 152 Å². The molecular formula is C17H14BrClN4O. The van der Waals surface area contributed by atoms with E-state index >= 15 is 0 Å². The molecule has 0 saturated heterocycles. The van der Waals surface area contributed by atoms with Crippen molar-refractivity contribution in [1.82, 2.24) is 20.1 Å². The van der Waals surface area contributed by atoms with Crippen molar-refractivity contribution in [3.63, 3.8) is 0 Å². The van der Waals surface area contributed by atoms with Gasteiger partial charge in [-0.15, -0.1) is 0 Å². The lowest BCUT2D eigenvalue weighted by Gasteiger charge is -2.08. The Bertz CT molecular complexity index is 894. The molecule has 0 aliphatic rings. The highest BCUT2D eigenvalue weighted by atomic mass is 79.9. The predicted octanol–water partition coefficient (Wildman–Crippen LogP) is 3.83. The summed E-state index contributed by atoms with van der Waals surface area (Å²) >= 11 is 9.42. The molecule has 0 aliphatic carbocycles. The first-order chi connectivity index (χ1) is 11.5. The number of hydrogen-bond donors (Lipinski definition) is 1. The van der Waals surface area contributed by atoms with E-state index < -0.39 is 0 Å². The molecule has 0 atom stereocenters. The quantitative estimate of drug-likeness (QED) is 0.717. The fraction of sp³-hybridized carbons (Fsp3) is 0.118. The third kappa shape index (κ3) is 3.83. The van der Waals surface area contributed by atoms with Gasteiger partial charge in [-0.1, -0.05) is 27.5 Å². The molecule has 1 aromatic carbocycles. The summed E-state index contributed by atoms with van der Waals surface area (Å²) in [5.41, 5.74) is 3.27. The minimum Gasteiger partial charge on any atom is -0.348 e. The van der Waals surface area contributed by atoms with Gasteiger partial charge in [0.2, 0.25) is 0 Å². The molecule has 122 valence electrons. The molecule has 3 rings (SSSR count). The number of pyridine rings is 1. The molecule has 1 amide bonds. The predicted molar refractivity (Wildman–Crippen MR) is 96.8 cm³/mol. The van der Waals surface area contributed by atoms with Crippen LogP contribution in [0.15, 0.2) is 53.5 Å². The van der Waals surface area contributed by atoms with E-state index in [9.17, 15) is 4.79 Å². The largest absolute Gasteiger partial charge is 0.348 e. The van der Waals surface area contributed by atoms with Crippen LogP contribution in [0.4, 0.5) is 0 Å². The molecule has 0 radical (unpaired) electrons. The van der Waals surface area contributed by atoms with Crippen LogP contribution in [0.2, 0.25) is 5.02 Å². The second-order valence-electron chi connectivity index (χ2n) is 5.29. The lowest BCUT2D eigenvalue weighted by Crippen LogP contribution is -2.23. The molecule has 7 heteroatoms. The van der Waals surface area contributed by atoms with Gasteiger partial charge in [0.15, 0.2) is 0 Å². The Kier molecular flexibility index (Phi) is 4.97. The number of aryl methyl sites for hydroxylation is 1. The normalized spacial score (nSPS) is 10.6. The zero-order chi connectivity index (χ0) is 17.1. The van der Waals surface area contributed by atoms with Crippen LogP contribution in [0.5, 0.6) is 0 Å². The average Bonchev–Trinajstić information content (AvgIpc) is 3.02. The van der Waals surface area contributed by atoms with E-state index in [0.717, 1.165) is 21.2 Å². The molecule has 0 spiro atoms. The zero-order valence-electron chi connectivity index (χ0n) is 12.8. The smallest absolute Gasteiger partial charge is 0.253 e. The molecule has 0 unspecified atom stereocenters. The van der Waals surface area contributed by atoms with Crippen molar-refractivity contribution < 1.29 is 4.79 Å². The average molecular weight is 406 g/mol. The second-order valence-corrected chi connectivity index (χ2v) is 6.61. The van der Waals surface area contributed by atoms with Crippen LogP contribution in [0.25, 0.3) is 11.1 Å². The number of nitrogens with zero attached hydrogens (tertiary/aromatic N) is 3. The maximum absolute atomic E-state index is 12.3. The van der Waals surface area contributed by atoms with E-state index in [1.807, 2.05) is 19.3 Å². The molecule has 3 aromatic rings. The number of benzene rings is 1. The molecule has 0 saturated carbocycles. The number of carbonyl (C=O) groups excluding carboxylic acids is 1. The van der Waals surface area contributed by atoms with Crippen molar-refractivity contribution in [2.24, 2.45) is 7.05 Å². The van der Waals surface area contributed by atoms with E-state index in [1.54, 1.807) is 41.5 Å². The van der Waals surface area contributed by atoms with E-state index in [1.165, 1.54) is 0 Å². The maximum atomic E-state index is 12.3. The van der Waals surface area contributed by atoms with Crippen molar-refractivity contribution in [1.29, 1.82) is 0 Å². The van der Waals surface area contributed by atoms with Gasteiger partial charge in [-0.25, -0.2) is 0 Å². The Morgan fingerprint density at radius 2 is 2.08 bits per heavy atom. The van der Waals surface area contributed by atoms with Gasteiger partial charge in [0.1, 0.15) is 0 Å². The van der Waals surface area contributed by atoms with Gasteiger partial charge >= 0.3 is 0 Å². The van der Waals surface area contributed by atoms with Crippen molar-refractivity contribution in [2.45, 2.75) is 6.54 Å². The SMILES string of the molecule is Cn1cc(-c2cncc(CNC(=O)c3cc(Br)ccc3Cl)c2)cn1. The lowest BCUT2D eigenvalue weighted by atomic mass is 10.1. The number of amides is 1. The van der Waals surface area contributed by atoms with Crippen LogP contribution in [0.3, 0.4) is 0 Å². The van der Waals surface area contributed by atoms with Crippen molar-refractivity contribution in [3.05, 3.63) is 69.7 Å². The van der Waals surface area contributed by atoms with Crippen LogP contribution >= 0.6 is 27.5 Å². The minimum atomic E-state index is -0.229. The van der Waals surface area contributed by atoms with Gasteiger partial charge in [-0.3, -0.25) is 14.5 Å². The molecule has 2 aromatic heterocycles. The first kappa shape index (κ1) is 16.7. The van der Waals surface area contributed by atoms with Gasteiger partial charge in [0.25, 0.3) is 5.91 Å². The van der Waals surface area contributed by atoms with Crippen LogP contribution in [0, 0.1) is 0 Å². The zero-order valence-corrected chi connectivity index (χ0v) is 15.2. The number of nitrogens with one attached hydrogen (secondary N) is 1. The Morgan fingerprint density at radius 3 is 2.83 bits per heavy atom. The van der Waals surface area contributed by atoms with Crippen LogP contribution < -0.4 is 5.32 Å². The van der Waals surface area contributed by atoms with Crippen LogP contribution in [-0.2, 0) is 13.6 Å². The van der Waals surface area contributed by atoms with Gasteiger partial charge in [-0.05, 0) is 29.8 Å². The van der Waals surface area contributed by atoms with Crippen molar-refractivity contribution >= 4 is 33.4 Å². The van der Waals surface area contributed by atoms with Crippen molar-refractivity contribution in [2.75, 3.05) is 0 Å². The van der Waals surface area contributed by atoms with E-state index in [4.69, 9.17) is 11.6 Å². The number of aromatic nitrogens is 3. The molecule has 24 heavy (non-hydrogen) atoms. The highest BCUT2D eigenvalue weighted by molar-refractivity contribution is 9.10. The molecule has 0 fully saturated rings. The highest BCUT2D eigenvalue weighted by Crippen LogP contribution is 2.21. The molecular weight excluding hydrogens is 392 g/mol. The third-order valence-electron chi connectivity index (χ3n) is 3.46. The van der Waals surface area contributed by atoms with Gasteiger partial charge in [-0.2, -0.15) is 5.10 Å². The Morgan fingerprint density at radius 1 is 1.25 bits per heavy atom. The fourth-order valence-corrected chi connectivity index (χ4v) is 2.83. The first-order valence-electron chi connectivity index (χ1n) is 7.19. The van der Waals surface area contributed by atoms with Crippen LogP contribution in [0.1, 0.15) is 15.9 Å². The van der Waals surface area contributed by atoms with Gasteiger partial charge < -0.3 is 5.32 Å². The summed E-state index contributed by atoms with van der Waals surface area (Å²) in [5.74, 6) is -0.229. The molecule has 1 N–H and O–H groups in total. The van der Waals surface area contributed by atoms with Crippen molar-refractivity contribution in [3.8, 4) is 11.1 Å². The summed E-state index contributed by atoms with van der Waals surface area (Å²) in [6.45, 7) is 0.364. The maximum Gasteiger partial charge on any atom is 0.253 e. The minimum absolute atomic E-state index is 0.229. The molecule has 5 nitrogen and oxygen atoms in total. The van der Waals surface area contributed by atoms with Crippen LogP contribution in [-0.4, -0.2) is 20.7 Å². The number of halogens is 2. The number of rotatable bonds is 4. The molecule has 0 bridgehead atoms. The summed E-state index contributed by atoms with van der Waals surface area (Å²) in [6, 6.07) is 7.15. The summed E-state index contributed by atoms with van der Waals surface area (Å²) < 4.78 is 2.54. The van der Waals surface area contributed by atoms with E-state index in [2.05, 4.69) is 31.3 Å². The molecule has 2 heterocycles. The topological polar surface area (TPSA) is 59.8 Å². The first-order valence-corrected chi connectivity index (χ1v) is 8.36.